The normalized spacial score (nSPS) is 16.1. The van der Waals surface area contributed by atoms with Crippen molar-refractivity contribution in [3.8, 4) is 0 Å². The highest BCUT2D eigenvalue weighted by atomic mass is 35.5. The van der Waals surface area contributed by atoms with Crippen LogP contribution in [0.15, 0.2) is 18.2 Å². The van der Waals surface area contributed by atoms with Gasteiger partial charge < -0.3 is 20.9 Å². The van der Waals surface area contributed by atoms with Crippen LogP contribution in [0.5, 0.6) is 0 Å². The van der Waals surface area contributed by atoms with Crippen molar-refractivity contribution in [1.82, 2.24) is 4.90 Å². The molecule has 1 aliphatic heterocycles. The molecule has 20 heavy (non-hydrogen) atoms. The van der Waals surface area contributed by atoms with E-state index >= 15 is 0 Å². The predicted octanol–water partition coefficient (Wildman–Crippen LogP) is 2.36. The van der Waals surface area contributed by atoms with E-state index in [1.807, 2.05) is 37.2 Å². The lowest BCUT2D eigenvalue weighted by Crippen LogP contribution is -2.44. The van der Waals surface area contributed by atoms with Crippen LogP contribution in [-0.4, -0.2) is 44.2 Å². The molecule has 0 aliphatic carbocycles. The molecule has 3 N–H and O–H groups in total. The smallest absolute Gasteiger partial charge is 0.314 e. The van der Waals surface area contributed by atoms with E-state index in [0.29, 0.717) is 19.1 Å². The van der Waals surface area contributed by atoms with Crippen LogP contribution in [-0.2, 0) is 0 Å². The Morgan fingerprint density at radius 3 is 2.55 bits per heavy atom. The lowest BCUT2D eigenvalue weighted by atomic mass is 10.0. The molecule has 2 amide bonds. The number of carbonyl (C=O) groups excluding carboxylic acids is 1. The summed E-state index contributed by atoms with van der Waals surface area (Å²) < 4.78 is 0. The van der Waals surface area contributed by atoms with Gasteiger partial charge in [-0.05, 0) is 31.0 Å². The van der Waals surface area contributed by atoms with Gasteiger partial charge in [0.25, 0.3) is 0 Å². The Hall–Kier alpha value is -1.62. The molecule has 0 aromatic heterocycles. The largest absolute Gasteiger partial charge is 0.382 e. The Balaban J connectivity index is 1.95. The van der Waals surface area contributed by atoms with Crippen molar-refractivity contribution >= 4 is 29.0 Å². The molecule has 0 saturated carbocycles. The molecular weight excluding hydrogens is 276 g/mol. The average molecular weight is 297 g/mol. The third kappa shape index (κ3) is 3.48. The Morgan fingerprint density at radius 1 is 1.40 bits per heavy atom. The SMILES string of the molecule is CN(C)c1ccc(NC2CCN(C(N)=O)CC2)cc1Cl. The molecule has 0 spiro atoms. The molecule has 5 nitrogen and oxygen atoms in total. The number of hydrogen-bond acceptors (Lipinski definition) is 3. The minimum Gasteiger partial charge on any atom is -0.382 e. The van der Waals surface area contributed by atoms with E-state index in [0.717, 1.165) is 29.2 Å². The molecule has 6 heteroatoms. The molecule has 1 fully saturated rings. The van der Waals surface area contributed by atoms with Crippen molar-refractivity contribution in [2.45, 2.75) is 18.9 Å². The molecule has 0 atom stereocenters. The molecule has 110 valence electrons. The lowest BCUT2D eigenvalue weighted by Gasteiger charge is -2.31. The number of likely N-dealkylation sites (tertiary alicyclic amines) is 1. The highest BCUT2D eigenvalue weighted by Gasteiger charge is 2.21. The highest BCUT2D eigenvalue weighted by molar-refractivity contribution is 6.33. The second kappa shape index (κ2) is 6.22. The van der Waals surface area contributed by atoms with Crippen LogP contribution in [0.25, 0.3) is 0 Å². The molecular formula is C14H21ClN4O. The molecule has 1 heterocycles. The average Bonchev–Trinajstić information content (AvgIpc) is 2.39. The zero-order valence-corrected chi connectivity index (χ0v) is 12.7. The van der Waals surface area contributed by atoms with Crippen LogP contribution < -0.4 is 16.0 Å². The first-order chi connectivity index (χ1) is 9.47. The van der Waals surface area contributed by atoms with Crippen molar-refractivity contribution < 1.29 is 4.79 Å². The molecule has 1 aromatic rings. The fourth-order valence-corrected chi connectivity index (χ4v) is 2.79. The number of nitrogens with one attached hydrogen (secondary N) is 1. The van der Waals surface area contributed by atoms with E-state index in [1.165, 1.54) is 0 Å². The number of urea groups is 1. The zero-order valence-electron chi connectivity index (χ0n) is 11.9. The first-order valence-electron chi connectivity index (χ1n) is 6.75. The minimum atomic E-state index is -0.332. The summed E-state index contributed by atoms with van der Waals surface area (Å²) in [5, 5.41) is 4.20. The number of nitrogens with two attached hydrogens (primary N) is 1. The third-order valence-corrected chi connectivity index (χ3v) is 3.91. The van der Waals surface area contributed by atoms with Gasteiger partial charge in [-0.3, -0.25) is 0 Å². The standard InChI is InChI=1S/C14H21ClN4O/c1-18(2)13-4-3-11(9-12(13)15)17-10-5-7-19(8-6-10)14(16)20/h3-4,9-10,17H,5-8H2,1-2H3,(H2,16,20). The van der Waals surface area contributed by atoms with Crippen LogP contribution in [0.3, 0.4) is 0 Å². The number of halogens is 1. The number of benzene rings is 1. The molecule has 0 radical (unpaired) electrons. The van der Waals surface area contributed by atoms with Gasteiger partial charge in [-0.15, -0.1) is 0 Å². The summed E-state index contributed by atoms with van der Waals surface area (Å²) in [7, 11) is 3.93. The van der Waals surface area contributed by atoms with Gasteiger partial charge in [0.2, 0.25) is 0 Å². The van der Waals surface area contributed by atoms with Crippen molar-refractivity contribution in [3.63, 3.8) is 0 Å². The maximum absolute atomic E-state index is 11.1. The van der Waals surface area contributed by atoms with Crippen LogP contribution >= 0.6 is 11.6 Å². The number of nitrogens with zero attached hydrogens (tertiary/aromatic N) is 2. The number of amides is 2. The van der Waals surface area contributed by atoms with E-state index in [9.17, 15) is 4.79 Å². The van der Waals surface area contributed by atoms with Gasteiger partial charge in [-0.25, -0.2) is 4.79 Å². The maximum atomic E-state index is 11.1. The Bertz CT molecular complexity index is 484. The van der Waals surface area contributed by atoms with Crippen LogP contribution in [0, 0.1) is 0 Å². The lowest BCUT2D eigenvalue weighted by molar-refractivity contribution is 0.193. The first kappa shape index (κ1) is 14.8. The van der Waals surface area contributed by atoms with Gasteiger partial charge in [-0.2, -0.15) is 0 Å². The molecule has 1 saturated heterocycles. The van der Waals surface area contributed by atoms with Gasteiger partial charge in [0, 0.05) is 38.9 Å². The second-order valence-corrected chi connectivity index (χ2v) is 5.71. The fourth-order valence-electron chi connectivity index (χ4n) is 2.44. The van der Waals surface area contributed by atoms with Gasteiger partial charge in [-0.1, -0.05) is 11.6 Å². The number of anilines is 2. The number of hydrogen-bond donors (Lipinski definition) is 2. The summed E-state index contributed by atoms with van der Waals surface area (Å²) in [5.74, 6) is 0. The summed E-state index contributed by atoms with van der Waals surface area (Å²) in [6, 6.07) is 6.00. The quantitative estimate of drug-likeness (QED) is 0.900. The predicted molar refractivity (Wildman–Crippen MR) is 83.6 cm³/mol. The van der Waals surface area contributed by atoms with E-state index < -0.39 is 0 Å². The number of piperidine rings is 1. The van der Waals surface area contributed by atoms with E-state index in [1.54, 1.807) is 4.90 Å². The van der Waals surface area contributed by atoms with Crippen molar-refractivity contribution in [3.05, 3.63) is 23.2 Å². The Morgan fingerprint density at radius 2 is 2.05 bits per heavy atom. The monoisotopic (exact) mass is 296 g/mol. The molecule has 2 rings (SSSR count). The zero-order chi connectivity index (χ0) is 14.7. The van der Waals surface area contributed by atoms with Crippen molar-refractivity contribution in [2.75, 3.05) is 37.4 Å². The number of primary amides is 1. The van der Waals surface area contributed by atoms with Gasteiger partial charge in [0.1, 0.15) is 0 Å². The first-order valence-corrected chi connectivity index (χ1v) is 7.13. The topological polar surface area (TPSA) is 61.6 Å². The summed E-state index contributed by atoms with van der Waals surface area (Å²) in [6.07, 6.45) is 1.80. The van der Waals surface area contributed by atoms with E-state index in [4.69, 9.17) is 17.3 Å². The van der Waals surface area contributed by atoms with Gasteiger partial charge in [0.15, 0.2) is 0 Å². The minimum absolute atomic E-state index is 0.332. The van der Waals surface area contributed by atoms with E-state index in [-0.39, 0.29) is 6.03 Å². The van der Waals surface area contributed by atoms with Crippen molar-refractivity contribution in [2.24, 2.45) is 5.73 Å². The molecule has 0 bridgehead atoms. The highest BCUT2D eigenvalue weighted by Crippen LogP contribution is 2.28. The second-order valence-electron chi connectivity index (χ2n) is 5.30. The maximum Gasteiger partial charge on any atom is 0.314 e. The number of rotatable bonds is 3. The number of carbonyl (C=O) groups is 1. The van der Waals surface area contributed by atoms with Gasteiger partial charge >= 0.3 is 6.03 Å². The van der Waals surface area contributed by atoms with Gasteiger partial charge in [0.05, 0.1) is 10.7 Å². The fraction of sp³-hybridized carbons (Fsp3) is 0.500. The summed E-state index contributed by atoms with van der Waals surface area (Å²) >= 11 is 6.26. The molecule has 0 unspecified atom stereocenters. The van der Waals surface area contributed by atoms with Crippen molar-refractivity contribution in [1.29, 1.82) is 0 Å². The summed E-state index contributed by atoms with van der Waals surface area (Å²) in [4.78, 5) is 14.7. The summed E-state index contributed by atoms with van der Waals surface area (Å²) in [5.41, 5.74) is 7.29. The summed E-state index contributed by atoms with van der Waals surface area (Å²) in [6.45, 7) is 1.41. The molecule has 1 aliphatic rings. The van der Waals surface area contributed by atoms with Crippen LogP contribution in [0.2, 0.25) is 5.02 Å². The van der Waals surface area contributed by atoms with Crippen LogP contribution in [0.1, 0.15) is 12.8 Å². The molecule has 1 aromatic carbocycles. The van der Waals surface area contributed by atoms with Crippen LogP contribution in [0.4, 0.5) is 16.2 Å². The Labute approximate surface area is 124 Å². The Kier molecular flexibility index (Phi) is 4.60. The third-order valence-electron chi connectivity index (χ3n) is 3.61. The van der Waals surface area contributed by atoms with E-state index in [2.05, 4.69) is 5.32 Å².